The number of furan rings is 1. The minimum Gasteiger partial charge on any atom is -0.453 e. The Kier molecular flexibility index (Phi) is 3.28. The molecule has 0 aliphatic rings. The summed E-state index contributed by atoms with van der Waals surface area (Å²) < 4.78 is 19.2. The highest BCUT2D eigenvalue weighted by Gasteiger charge is 2.10. The molecule has 20 heavy (non-hydrogen) atoms. The number of hydrogen-bond acceptors (Lipinski definition) is 2. The predicted octanol–water partition coefficient (Wildman–Crippen LogP) is 4.65. The summed E-state index contributed by atoms with van der Waals surface area (Å²) in [7, 11) is 0. The maximum atomic E-state index is 13.6. The maximum absolute atomic E-state index is 13.6. The average Bonchev–Trinajstić information content (AvgIpc) is 2.92. The molecule has 2 aromatic carbocycles. The van der Waals surface area contributed by atoms with E-state index in [4.69, 9.17) is 10.2 Å². The standard InChI is InChI=1S/C17H16FNO/c1-2-15(19)11-6-8-12(9-7-11)16-10-13-4-3-5-14(18)17(13)20-16/h3-10,15H,2,19H2,1H3. The van der Waals surface area contributed by atoms with Crippen LogP contribution >= 0.6 is 0 Å². The van der Waals surface area contributed by atoms with Crippen LogP contribution in [0.15, 0.2) is 52.9 Å². The summed E-state index contributed by atoms with van der Waals surface area (Å²) in [6.07, 6.45) is 0.898. The highest BCUT2D eigenvalue weighted by Crippen LogP contribution is 2.30. The van der Waals surface area contributed by atoms with Crippen molar-refractivity contribution < 1.29 is 8.81 Å². The minimum absolute atomic E-state index is 0.0529. The molecular weight excluding hydrogens is 253 g/mol. The van der Waals surface area contributed by atoms with E-state index in [2.05, 4.69) is 6.92 Å². The molecule has 0 saturated heterocycles. The number of rotatable bonds is 3. The number of benzene rings is 2. The molecule has 1 unspecified atom stereocenters. The third kappa shape index (κ3) is 2.21. The Balaban J connectivity index is 2.00. The fourth-order valence-corrected chi connectivity index (χ4v) is 2.30. The van der Waals surface area contributed by atoms with Crippen LogP contribution in [0.1, 0.15) is 24.9 Å². The average molecular weight is 269 g/mol. The summed E-state index contributed by atoms with van der Waals surface area (Å²) in [6, 6.07) is 14.7. The number of hydrogen-bond donors (Lipinski definition) is 1. The highest BCUT2D eigenvalue weighted by atomic mass is 19.1. The van der Waals surface area contributed by atoms with Gasteiger partial charge in [-0.1, -0.05) is 43.3 Å². The van der Waals surface area contributed by atoms with E-state index < -0.39 is 0 Å². The molecule has 0 radical (unpaired) electrons. The minimum atomic E-state index is -0.335. The van der Waals surface area contributed by atoms with Crippen LogP contribution in [-0.2, 0) is 0 Å². The second-order valence-electron chi connectivity index (χ2n) is 4.91. The molecule has 1 atom stereocenters. The molecule has 3 heteroatoms. The second-order valence-corrected chi connectivity index (χ2v) is 4.91. The fraction of sp³-hybridized carbons (Fsp3) is 0.176. The van der Waals surface area contributed by atoms with Crippen LogP contribution in [0.25, 0.3) is 22.3 Å². The first-order valence-corrected chi connectivity index (χ1v) is 6.73. The molecule has 2 nitrogen and oxygen atoms in total. The van der Waals surface area contributed by atoms with Crippen molar-refractivity contribution in [3.63, 3.8) is 0 Å². The first kappa shape index (κ1) is 12.9. The number of nitrogens with two attached hydrogens (primary N) is 1. The second kappa shape index (κ2) is 5.10. The van der Waals surface area contributed by atoms with Gasteiger partial charge in [-0.2, -0.15) is 0 Å². The van der Waals surface area contributed by atoms with E-state index in [1.807, 2.05) is 36.4 Å². The Morgan fingerprint density at radius 3 is 2.55 bits per heavy atom. The van der Waals surface area contributed by atoms with E-state index in [0.29, 0.717) is 11.3 Å². The van der Waals surface area contributed by atoms with E-state index in [1.54, 1.807) is 6.07 Å². The molecule has 2 N–H and O–H groups in total. The summed E-state index contributed by atoms with van der Waals surface area (Å²) in [5.41, 5.74) is 8.31. The summed E-state index contributed by atoms with van der Waals surface area (Å²) in [6.45, 7) is 2.06. The van der Waals surface area contributed by atoms with Crippen LogP contribution in [0.4, 0.5) is 4.39 Å². The summed E-state index contributed by atoms with van der Waals surface area (Å²) in [4.78, 5) is 0. The Morgan fingerprint density at radius 2 is 1.90 bits per heavy atom. The van der Waals surface area contributed by atoms with Crippen LogP contribution in [0.2, 0.25) is 0 Å². The van der Waals surface area contributed by atoms with Crippen molar-refractivity contribution in [2.75, 3.05) is 0 Å². The largest absolute Gasteiger partial charge is 0.453 e. The molecule has 0 amide bonds. The Labute approximate surface area is 117 Å². The van der Waals surface area contributed by atoms with Crippen molar-refractivity contribution in [2.24, 2.45) is 5.73 Å². The predicted molar refractivity (Wildman–Crippen MR) is 78.8 cm³/mol. The molecule has 0 spiro atoms. The maximum Gasteiger partial charge on any atom is 0.170 e. The van der Waals surface area contributed by atoms with Gasteiger partial charge < -0.3 is 10.2 Å². The zero-order chi connectivity index (χ0) is 14.1. The fourth-order valence-electron chi connectivity index (χ4n) is 2.30. The van der Waals surface area contributed by atoms with Gasteiger partial charge in [-0.3, -0.25) is 0 Å². The van der Waals surface area contributed by atoms with Gasteiger partial charge in [-0.15, -0.1) is 0 Å². The van der Waals surface area contributed by atoms with Crippen molar-refractivity contribution in [3.8, 4) is 11.3 Å². The smallest absolute Gasteiger partial charge is 0.170 e. The van der Waals surface area contributed by atoms with Gasteiger partial charge in [0.1, 0.15) is 5.76 Å². The molecule has 0 fully saturated rings. The summed E-state index contributed by atoms with van der Waals surface area (Å²) >= 11 is 0. The zero-order valence-corrected chi connectivity index (χ0v) is 11.3. The van der Waals surface area contributed by atoms with Crippen molar-refractivity contribution in [3.05, 3.63) is 59.9 Å². The summed E-state index contributed by atoms with van der Waals surface area (Å²) in [5, 5.41) is 0.773. The van der Waals surface area contributed by atoms with Crippen molar-refractivity contribution in [1.82, 2.24) is 0 Å². The molecule has 3 rings (SSSR count). The molecule has 0 bridgehead atoms. The molecule has 0 aliphatic carbocycles. The normalized spacial score (nSPS) is 12.8. The van der Waals surface area contributed by atoms with E-state index in [0.717, 1.165) is 22.9 Å². The van der Waals surface area contributed by atoms with Crippen LogP contribution < -0.4 is 5.73 Å². The number of fused-ring (bicyclic) bond motifs is 1. The quantitative estimate of drug-likeness (QED) is 0.751. The molecule has 1 heterocycles. The molecule has 102 valence electrons. The van der Waals surface area contributed by atoms with Gasteiger partial charge in [0, 0.05) is 17.0 Å². The SMILES string of the molecule is CCC(N)c1ccc(-c2cc3cccc(F)c3o2)cc1. The summed E-state index contributed by atoms with van der Waals surface area (Å²) in [5.74, 6) is 0.333. The van der Waals surface area contributed by atoms with Gasteiger partial charge in [0.05, 0.1) is 0 Å². The van der Waals surface area contributed by atoms with Crippen molar-refractivity contribution >= 4 is 11.0 Å². The number of para-hydroxylation sites is 1. The first-order chi connectivity index (χ1) is 9.69. The lowest BCUT2D eigenvalue weighted by atomic mass is 10.0. The van der Waals surface area contributed by atoms with E-state index in [9.17, 15) is 4.39 Å². The first-order valence-electron chi connectivity index (χ1n) is 6.73. The van der Waals surface area contributed by atoms with Crippen molar-refractivity contribution in [1.29, 1.82) is 0 Å². The third-order valence-electron chi connectivity index (χ3n) is 3.56. The van der Waals surface area contributed by atoms with Gasteiger partial charge in [-0.25, -0.2) is 4.39 Å². The van der Waals surface area contributed by atoms with Crippen LogP contribution in [0, 0.1) is 5.82 Å². The zero-order valence-electron chi connectivity index (χ0n) is 11.3. The Morgan fingerprint density at radius 1 is 1.15 bits per heavy atom. The number of halogens is 1. The lowest BCUT2D eigenvalue weighted by Gasteiger charge is -2.09. The van der Waals surface area contributed by atoms with Gasteiger partial charge in [-0.05, 0) is 24.1 Å². The monoisotopic (exact) mass is 269 g/mol. The van der Waals surface area contributed by atoms with Gasteiger partial charge in [0.25, 0.3) is 0 Å². The lowest BCUT2D eigenvalue weighted by Crippen LogP contribution is -2.07. The van der Waals surface area contributed by atoms with Crippen LogP contribution in [0.5, 0.6) is 0 Å². The van der Waals surface area contributed by atoms with E-state index in [1.165, 1.54) is 6.07 Å². The van der Waals surface area contributed by atoms with E-state index in [-0.39, 0.29) is 11.9 Å². The Hall–Kier alpha value is -2.13. The molecule has 1 aromatic heterocycles. The molecule has 0 aliphatic heterocycles. The van der Waals surface area contributed by atoms with E-state index >= 15 is 0 Å². The van der Waals surface area contributed by atoms with Crippen LogP contribution in [0.3, 0.4) is 0 Å². The molecule has 0 saturated carbocycles. The van der Waals surface area contributed by atoms with Crippen molar-refractivity contribution in [2.45, 2.75) is 19.4 Å². The van der Waals surface area contributed by atoms with Gasteiger partial charge in [0.2, 0.25) is 0 Å². The van der Waals surface area contributed by atoms with Gasteiger partial charge in [0.15, 0.2) is 11.4 Å². The topological polar surface area (TPSA) is 39.2 Å². The third-order valence-corrected chi connectivity index (χ3v) is 3.56. The molecule has 3 aromatic rings. The highest BCUT2D eigenvalue weighted by molar-refractivity contribution is 5.83. The van der Waals surface area contributed by atoms with Crippen LogP contribution in [-0.4, -0.2) is 0 Å². The molecular formula is C17H16FNO. The van der Waals surface area contributed by atoms with Gasteiger partial charge >= 0.3 is 0 Å². The Bertz CT molecular complexity index is 730. The lowest BCUT2D eigenvalue weighted by molar-refractivity contribution is 0.569.